The Kier molecular flexibility index (Phi) is 4.79. The first-order valence-corrected chi connectivity index (χ1v) is 6.97. The van der Waals surface area contributed by atoms with Gasteiger partial charge in [-0.25, -0.2) is 4.68 Å². The van der Waals surface area contributed by atoms with E-state index >= 15 is 0 Å². The Hall–Kier alpha value is -1.11. The average molecular weight is 346 g/mol. The van der Waals surface area contributed by atoms with E-state index in [2.05, 4.69) is 26.2 Å². The van der Waals surface area contributed by atoms with Crippen LogP contribution in [0.4, 0.5) is 0 Å². The Labute approximate surface area is 124 Å². The highest BCUT2D eigenvalue weighted by Crippen LogP contribution is 2.27. The molecule has 102 valence electrons. The molecular weight excluding hydrogens is 332 g/mol. The van der Waals surface area contributed by atoms with Crippen LogP contribution in [0.3, 0.4) is 0 Å². The fourth-order valence-corrected chi connectivity index (χ4v) is 2.27. The lowest BCUT2D eigenvalue weighted by atomic mass is 10.3. The fourth-order valence-electron chi connectivity index (χ4n) is 1.47. The van der Waals surface area contributed by atoms with Gasteiger partial charge in [-0.3, -0.25) is 0 Å². The minimum atomic E-state index is -0.111. The highest BCUT2D eigenvalue weighted by atomic mass is 79.9. The maximum absolute atomic E-state index is 5.86. The van der Waals surface area contributed by atoms with E-state index < -0.39 is 0 Å². The van der Waals surface area contributed by atoms with Crippen molar-refractivity contribution >= 4 is 27.5 Å². The number of hydrogen-bond acceptors (Lipinski definition) is 4. The first-order chi connectivity index (χ1) is 9.06. The third kappa shape index (κ3) is 3.92. The van der Waals surface area contributed by atoms with Crippen molar-refractivity contribution in [3.63, 3.8) is 0 Å². The van der Waals surface area contributed by atoms with Gasteiger partial charge in [0, 0.05) is 11.1 Å². The lowest BCUT2D eigenvalue weighted by Gasteiger charge is -2.08. The molecule has 1 aromatic carbocycles. The summed E-state index contributed by atoms with van der Waals surface area (Å²) >= 11 is 9.26. The molecule has 0 bridgehead atoms. The molecule has 0 amide bonds. The van der Waals surface area contributed by atoms with Crippen molar-refractivity contribution in [2.75, 3.05) is 6.61 Å². The van der Waals surface area contributed by atoms with Gasteiger partial charge in [-0.15, -0.1) is 5.10 Å². The van der Waals surface area contributed by atoms with Gasteiger partial charge in [-0.05, 0) is 41.1 Å². The summed E-state index contributed by atoms with van der Waals surface area (Å²) < 4.78 is 8.18. The molecule has 1 atom stereocenters. The van der Waals surface area contributed by atoms with Gasteiger partial charge in [-0.1, -0.05) is 16.8 Å². The molecule has 5 nitrogen and oxygen atoms in total. The molecule has 0 spiro atoms. The third-order valence-electron chi connectivity index (χ3n) is 2.49. The fraction of sp³-hybridized carbons (Fsp3) is 0.333. The molecule has 0 aliphatic rings. The highest BCUT2D eigenvalue weighted by molar-refractivity contribution is 9.10. The van der Waals surface area contributed by atoms with Crippen molar-refractivity contribution in [2.45, 2.75) is 19.5 Å². The van der Waals surface area contributed by atoms with Crippen molar-refractivity contribution in [2.24, 2.45) is 5.73 Å². The first-order valence-electron chi connectivity index (χ1n) is 5.79. The minimum Gasteiger partial charge on any atom is -0.490 e. The topological polar surface area (TPSA) is 66.0 Å². The summed E-state index contributed by atoms with van der Waals surface area (Å²) in [5, 5.41) is 8.62. The zero-order valence-corrected chi connectivity index (χ0v) is 12.7. The average Bonchev–Trinajstić information content (AvgIpc) is 2.81. The molecule has 2 rings (SSSR count). The molecule has 1 unspecified atom stereocenters. The molecule has 0 aliphatic heterocycles. The number of halogens is 2. The Morgan fingerprint density at radius 3 is 2.95 bits per heavy atom. The number of ether oxygens (including phenoxy) is 1. The second kappa shape index (κ2) is 6.36. The molecule has 1 aromatic heterocycles. The van der Waals surface area contributed by atoms with E-state index in [1.54, 1.807) is 16.8 Å². The molecular formula is C12H14BrClN4O. The van der Waals surface area contributed by atoms with Gasteiger partial charge in [-0.2, -0.15) is 0 Å². The maximum Gasteiger partial charge on any atom is 0.133 e. The van der Waals surface area contributed by atoms with Crippen molar-refractivity contribution in [3.05, 3.63) is 39.6 Å². The molecule has 1 heterocycles. The molecule has 0 radical (unpaired) electrons. The summed E-state index contributed by atoms with van der Waals surface area (Å²) in [6.07, 6.45) is 1.82. The van der Waals surface area contributed by atoms with E-state index in [9.17, 15) is 0 Å². The van der Waals surface area contributed by atoms with Crippen LogP contribution >= 0.6 is 27.5 Å². The maximum atomic E-state index is 5.86. The van der Waals surface area contributed by atoms with Gasteiger partial charge >= 0.3 is 0 Å². The predicted molar refractivity (Wildman–Crippen MR) is 77.3 cm³/mol. The van der Waals surface area contributed by atoms with Gasteiger partial charge < -0.3 is 10.5 Å². The number of nitrogens with two attached hydrogens (primary N) is 1. The zero-order chi connectivity index (χ0) is 13.8. The summed E-state index contributed by atoms with van der Waals surface area (Å²) in [6.45, 7) is 2.96. The molecule has 0 fully saturated rings. The summed E-state index contributed by atoms with van der Waals surface area (Å²) in [5.41, 5.74) is 6.49. The number of rotatable bonds is 5. The molecule has 2 N–H and O–H groups in total. The summed E-state index contributed by atoms with van der Waals surface area (Å²) in [4.78, 5) is 0. The monoisotopic (exact) mass is 344 g/mol. The third-order valence-corrected chi connectivity index (χ3v) is 3.35. The van der Waals surface area contributed by atoms with Crippen LogP contribution in [0.2, 0.25) is 5.02 Å². The van der Waals surface area contributed by atoms with Gasteiger partial charge in [0.25, 0.3) is 0 Å². The zero-order valence-electron chi connectivity index (χ0n) is 10.4. The Balaban J connectivity index is 1.89. The summed E-state index contributed by atoms with van der Waals surface area (Å²) in [7, 11) is 0. The summed E-state index contributed by atoms with van der Waals surface area (Å²) in [5.74, 6) is 0.747. The van der Waals surface area contributed by atoms with E-state index in [0.29, 0.717) is 18.2 Å². The van der Waals surface area contributed by atoms with Gasteiger partial charge in [0.1, 0.15) is 12.4 Å². The van der Waals surface area contributed by atoms with Crippen LogP contribution in [0.1, 0.15) is 18.7 Å². The van der Waals surface area contributed by atoms with Gasteiger partial charge in [0.2, 0.25) is 0 Å². The molecule has 19 heavy (non-hydrogen) atoms. The van der Waals surface area contributed by atoms with Crippen molar-refractivity contribution in [1.82, 2.24) is 15.0 Å². The van der Waals surface area contributed by atoms with Crippen LogP contribution in [0.15, 0.2) is 28.9 Å². The smallest absolute Gasteiger partial charge is 0.133 e. The van der Waals surface area contributed by atoms with Crippen LogP contribution in [0, 0.1) is 0 Å². The van der Waals surface area contributed by atoms with E-state index in [-0.39, 0.29) is 6.04 Å². The molecule has 2 aromatic rings. The Bertz CT molecular complexity index is 558. The lowest BCUT2D eigenvalue weighted by Crippen LogP contribution is -2.09. The van der Waals surface area contributed by atoms with Crippen molar-refractivity contribution in [3.8, 4) is 5.75 Å². The molecule has 0 aliphatic carbocycles. The standard InChI is InChI=1S/C12H14BrClN4O/c1-8(15)11-7-18(17-16-11)4-5-19-12-3-2-9(14)6-10(12)13/h2-3,6-8H,4-5,15H2,1H3. The normalized spacial score (nSPS) is 12.4. The number of hydrogen-bond donors (Lipinski definition) is 1. The van der Waals surface area contributed by atoms with E-state index in [4.69, 9.17) is 22.1 Å². The number of benzene rings is 1. The second-order valence-corrected chi connectivity index (χ2v) is 5.41. The van der Waals surface area contributed by atoms with Gasteiger partial charge in [0.05, 0.1) is 22.9 Å². The summed E-state index contributed by atoms with van der Waals surface area (Å²) in [6, 6.07) is 5.28. The Morgan fingerprint density at radius 1 is 1.53 bits per heavy atom. The quantitative estimate of drug-likeness (QED) is 0.905. The first kappa shape index (κ1) is 14.3. The van der Waals surface area contributed by atoms with Crippen LogP contribution in [-0.4, -0.2) is 21.6 Å². The molecule has 7 heteroatoms. The molecule has 0 saturated carbocycles. The number of nitrogens with zero attached hydrogens (tertiary/aromatic N) is 3. The van der Waals surface area contributed by atoms with E-state index in [1.165, 1.54) is 0 Å². The SMILES string of the molecule is CC(N)c1cn(CCOc2ccc(Cl)cc2Br)nn1. The van der Waals surface area contributed by atoms with E-state index in [1.807, 2.05) is 19.2 Å². The van der Waals surface area contributed by atoms with Crippen LogP contribution in [-0.2, 0) is 6.54 Å². The van der Waals surface area contributed by atoms with Crippen LogP contribution in [0.5, 0.6) is 5.75 Å². The van der Waals surface area contributed by atoms with Crippen molar-refractivity contribution in [1.29, 1.82) is 0 Å². The molecule has 0 saturated heterocycles. The second-order valence-electron chi connectivity index (χ2n) is 4.12. The number of aromatic nitrogens is 3. The Morgan fingerprint density at radius 2 is 2.32 bits per heavy atom. The van der Waals surface area contributed by atoms with Crippen molar-refractivity contribution < 1.29 is 4.74 Å². The largest absolute Gasteiger partial charge is 0.490 e. The lowest BCUT2D eigenvalue weighted by molar-refractivity contribution is 0.288. The van der Waals surface area contributed by atoms with Gasteiger partial charge in [0.15, 0.2) is 0 Å². The highest BCUT2D eigenvalue weighted by Gasteiger charge is 2.06. The van der Waals surface area contributed by atoms with Crippen LogP contribution in [0.25, 0.3) is 0 Å². The predicted octanol–water partition coefficient (Wildman–Crippen LogP) is 2.79. The minimum absolute atomic E-state index is 0.111. The van der Waals surface area contributed by atoms with E-state index in [0.717, 1.165) is 15.9 Å². The van der Waals surface area contributed by atoms with Crippen LogP contribution < -0.4 is 10.5 Å².